The lowest BCUT2D eigenvalue weighted by molar-refractivity contribution is -0.161. The number of aliphatic hydroxyl groups is 1. The fourth-order valence-electron chi connectivity index (χ4n) is 6.23. The second kappa shape index (κ2) is 40.8. The Morgan fingerprint density at radius 2 is 0.816 bits per heavy atom. The van der Waals surface area contributed by atoms with E-state index in [-0.39, 0.29) is 25.2 Å². The van der Waals surface area contributed by atoms with Gasteiger partial charge in [0.25, 0.3) is 0 Å². The van der Waals surface area contributed by atoms with E-state index >= 15 is 0 Å². The molecule has 0 aromatic heterocycles. The molecule has 0 bridgehead atoms. The molecular weight excluding hydrogens is 608 g/mol. The predicted octanol–water partition coefficient (Wildman–Crippen LogP) is 13.5. The second-order valence-corrected chi connectivity index (χ2v) is 14.4. The molecule has 0 heterocycles. The van der Waals surface area contributed by atoms with Gasteiger partial charge in [0.1, 0.15) is 6.61 Å². The molecule has 0 radical (unpaired) electrons. The van der Waals surface area contributed by atoms with Crippen molar-refractivity contribution in [1.29, 1.82) is 0 Å². The van der Waals surface area contributed by atoms with E-state index in [2.05, 4.69) is 38.2 Å². The zero-order valence-corrected chi connectivity index (χ0v) is 32.7. The third-order valence-corrected chi connectivity index (χ3v) is 9.50. The van der Waals surface area contributed by atoms with Crippen LogP contribution in [-0.2, 0) is 19.1 Å². The minimum absolute atomic E-state index is 0.0627. The van der Waals surface area contributed by atoms with Crippen molar-refractivity contribution in [1.82, 2.24) is 0 Å². The van der Waals surface area contributed by atoms with E-state index in [0.29, 0.717) is 12.8 Å². The molecule has 0 saturated heterocycles. The highest BCUT2D eigenvalue weighted by atomic mass is 16.6. The minimum atomic E-state index is -0.769. The normalized spacial score (nSPS) is 12.3. The maximum atomic E-state index is 12.2. The molecular formula is C44H82O5. The van der Waals surface area contributed by atoms with Gasteiger partial charge >= 0.3 is 11.9 Å². The zero-order valence-electron chi connectivity index (χ0n) is 32.7. The predicted molar refractivity (Wildman–Crippen MR) is 210 cm³/mol. The van der Waals surface area contributed by atoms with Gasteiger partial charge in [0.05, 0.1) is 6.61 Å². The number of hydrogen-bond donors (Lipinski definition) is 1. The van der Waals surface area contributed by atoms with Gasteiger partial charge in [-0.15, -0.1) is 0 Å². The molecule has 49 heavy (non-hydrogen) atoms. The summed E-state index contributed by atoms with van der Waals surface area (Å²) in [6, 6.07) is 0. The lowest BCUT2D eigenvalue weighted by Crippen LogP contribution is -2.28. The van der Waals surface area contributed by atoms with E-state index < -0.39 is 6.10 Å². The summed E-state index contributed by atoms with van der Waals surface area (Å²) in [6.07, 6.45) is 48.1. The van der Waals surface area contributed by atoms with Crippen LogP contribution in [0.2, 0.25) is 0 Å². The molecule has 0 aliphatic heterocycles. The Hall–Kier alpha value is -1.62. The summed E-state index contributed by atoms with van der Waals surface area (Å²) in [6.45, 7) is 4.13. The molecule has 5 nitrogen and oxygen atoms in total. The summed E-state index contributed by atoms with van der Waals surface area (Å²) >= 11 is 0. The van der Waals surface area contributed by atoms with Crippen LogP contribution in [0.4, 0.5) is 0 Å². The Morgan fingerprint density at radius 3 is 1.24 bits per heavy atom. The average Bonchev–Trinajstić information content (AvgIpc) is 3.10. The van der Waals surface area contributed by atoms with Crippen molar-refractivity contribution in [2.75, 3.05) is 13.2 Å². The zero-order chi connectivity index (χ0) is 35.7. The second-order valence-electron chi connectivity index (χ2n) is 14.4. The van der Waals surface area contributed by atoms with Gasteiger partial charge in [-0.2, -0.15) is 0 Å². The highest BCUT2D eigenvalue weighted by Gasteiger charge is 2.16. The first-order chi connectivity index (χ1) is 24.1. The summed E-state index contributed by atoms with van der Waals surface area (Å²) in [4.78, 5) is 24.3. The van der Waals surface area contributed by atoms with Gasteiger partial charge in [0, 0.05) is 12.8 Å². The summed E-state index contributed by atoms with van der Waals surface area (Å²) in [7, 11) is 0. The van der Waals surface area contributed by atoms with Crippen LogP contribution in [0.3, 0.4) is 0 Å². The molecule has 288 valence electrons. The number of ether oxygens (including phenoxy) is 2. The van der Waals surface area contributed by atoms with Crippen molar-refractivity contribution in [2.45, 2.75) is 232 Å². The average molecular weight is 691 g/mol. The first-order valence-corrected chi connectivity index (χ1v) is 21.4. The molecule has 0 spiro atoms. The van der Waals surface area contributed by atoms with Crippen molar-refractivity contribution in [3.8, 4) is 0 Å². The number of carbonyl (C=O) groups excluding carboxylic acids is 2. The summed E-state index contributed by atoms with van der Waals surface area (Å²) in [5.74, 6) is -0.585. The van der Waals surface area contributed by atoms with Crippen LogP contribution in [0.5, 0.6) is 0 Å². The fourth-order valence-corrected chi connectivity index (χ4v) is 6.23. The standard InChI is InChI=1S/C44H82O5/c1-3-5-7-9-11-13-15-17-19-21-22-23-25-27-29-31-33-35-37-39-44(47)49-42(40-45)41-48-43(46)38-36-34-32-30-28-26-24-20-18-16-14-12-10-8-6-4-2/h11,13,17,19,42,45H,3-10,12,14-16,18,20-41H2,1-2H3/b13-11+,19-17+/t42-/m0/s1. The van der Waals surface area contributed by atoms with Gasteiger partial charge in [-0.1, -0.05) is 192 Å². The number of aliphatic hydroxyl groups excluding tert-OH is 1. The Balaban J connectivity index is 3.51. The monoisotopic (exact) mass is 691 g/mol. The highest BCUT2D eigenvalue weighted by molar-refractivity contribution is 5.70. The van der Waals surface area contributed by atoms with Gasteiger partial charge in [-0.05, 0) is 44.9 Å². The van der Waals surface area contributed by atoms with E-state index in [9.17, 15) is 14.7 Å². The van der Waals surface area contributed by atoms with E-state index in [1.807, 2.05) is 0 Å². The quantitative estimate of drug-likeness (QED) is 0.0395. The van der Waals surface area contributed by atoms with Gasteiger partial charge in [0.15, 0.2) is 6.10 Å². The van der Waals surface area contributed by atoms with Crippen molar-refractivity contribution >= 4 is 11.9 Å². The third kappa shape index (κ3) is 39.0. The minimum Gasteiger partial charge on any atom is -0.462 e. The number of esters is 2. The van der Waals surface area contributed by atoms with Crippen LogP contribution in [0.15, 0.2) is 24.3 Å². The summed E-state index contributed by atoms with van der Waals surface area (Å²) < 4.78 is 10.6. The van der Waals surface area contributed by atoms with Crippen molar-refractivity contribution in [2.24, 2.45) is 0 Å². The molecule has 0 saturated carbocycles. The van der Waals surface area contributed by atoms with Crippen LogP contribution < -0.4 is 0 Å². The molecule has 0 aliphatic carbocycles. The van der Waals surface area contributed by atoms with Gasteiger partial charge in [-0.3, -0.25) is 9.59 Å². The number of rotatable bonds is 39. The van der Waals surface area contributed by atoms with Crippen LogP contribution >= 0.6 is 0 Å². The molecule has 0 rings (SSSR count). The smallest absolute Gasteiger partial charge is 0.306 e. The first-order valence-electron chi connectivity index (χ1n) is 21.4. The van der Waals surface area contributed by atoms with E-state index in [0.717, 1.165) is 44.9 Å². The maximum Gasteiger partial charge on any atom is 0.306 e. The van der Waals surface area contributed by atoms with Crippen LogP contribution in [0.1, 0.15) is 226 Å². The third-order valence-electron chi connectivity index (χ3n) is 9.50. The van der Waals surface area contributed by atoms with Crippen molar-refractivity contribution < 1.29 is 24.2 Å². The van der Waals surface area contributed by atoms with Crippen LogP contribution in [0.25, 0.3) is 0 Å². The molecule has 5 heteroatoms. The summed E-state index contributed by atoms with van der Waals surface area (Å²) in [5, 5.41) is 9.57. The Labute approximate surface area is 304 Å². The fraction of sp³-hybridized carbons (Fsp3) is 0.864. The molecule has 0 unspecified atom stereocenters. The van der Waals surface area contributed by atoms with Crippen molar-refractivity contribution in [3.63, 3.8) is 0 Å². The number of hydrogen-bond acceptors (Lipinski definition) is 5. The Morgan fingerprint density at radius 1 is 0.469 bits per heavy atom. The number of unbranched alkanes of at least 4 members (excludes halogenated alkanes) is 27. The molecule has 0 aromatic rings. The number of carbonyl (C=O) groups is 2. The van der Waals surface area contributed by atoms with Crippen LogP contribution in [-0.4, -0.2) is 36.4 Å². The van der Waals surface area contributed by atoms with E-state index in [4.69, 9.17) is 9.47 Å². The summed E-state index contributed by atoms with van der Waals surface area (Å²) in [5.41, 5.74) is 0. The van der Waals surface area contributed by atoms with Gasteiger partial charge in [-0.25, -0.2) is 0 Å². The molecule has 1 atom stereocenters. The molecule has 0 amide bonds. The van der Waals surface area contributed by atoms with Gasteiger partial charge in [0.2, 0.25) is 0 Å². The molecule has 0 fully saturated rings. The Bertz CT molecular complexity index is 746. The van der Waals surface area contributed by atoms with E-state index in [1.165, 1.54) is 154 Å². The largest absolute Gasteiger partial charge is 0.462 e. The van der Waals surface area contributed by atoms with E-state index in [1.54, 1.807) is 0 Å². The molecule has 1 N–H and O–H groups in total. The first kappa shape index (κ1) is 47.4. The molecule has 0 aromatic carbocycles. The van der Waals surface area contributed by atoms with Crippen molar-refractivity contribution in [3.05, 3.63) is 24.3 Å². The SMILES string of the molecule is CCCCC/C=C/C/C=C/CCCCCCCCCCCC(=O)O[C@@H](CO)COC(=O)CCCCCCCCCCCCCCCCCC. The lowest BCUT2D eigenvalue weighted by Gasteiger charge is -2.15. The van der Waals surface area contributed by atoms with Crippen LogP contribution in [0, 0.1) is 0 Å². The van der Waals surface area contributed by atoms with Gasteiger partial charge < -0.3 is 14.6 Å². The highest BCUT2D eigenvalue weighted by Crippen LogP contribution is 2.15. The topological polar surface area (TPSA) is 72.8 Å². The lowest BCUT2D eigenvalue weighted by atomic mass is 10.0. The molecule has 0 aliphatic rings. The number of allylic oxidation sites excluding steroid dienone is 4. The Kier molecular flexibility index (Phi) is 39.5. The maximum absolute atomic E-state index is 12.2.